The van der Waals surface area contributed by atoms with Crippen LogP contribution in [0.2, 0.25) is 10.0 Å². The second-order valence-corrected chi connectivity index (χ2v) is 8.95. The van der Waals surface area contributed by atoms with E-state index < -0.39 is 12.1 Å². The molecule has 1 amide bonds. The number of furan rings is 1. The lowest BCUT2D eigenvalue weighted by atomic mass is 10.1. The number of aliphatic carboxylic acids is 1. The van der Waals surface area contributed by atoms with Crippen molar-refractivity contribution in [3.05, 3.63) is 51.0 Å². The molecule has 0 aliphatic carbocycles. The topological polar surface area (TPSA) is 91.0 Å². The Hall–Kier alpha value is -1.84. The molecule has 1 aliphatic rings. The molecule has 2 heterocycles. The Morgan fingerprint density at radius 3 is 2.77 bits per heavy atom. The molecule has 1 atom stereocenters. The summed E-state index contributed by atoms with van der Waals surface area (Å²) in [6.07, 6.45) is 1.35. The average Bonchev–Trinajstić information content (AvgIpc) is 3.26. The van der Waals surface area contributed by atoms with Crippen molar-refractivity contribution < 1.29 is 24.2 Å². The maximum atomic E-state index is 12.7. The fourth-order valence-corrected chi connectivity index (χ4v) is 4.50. The Bertz CT molecular complexity index is 1020. The summed E-state index contributed by atoms with van der Waals surface area (Å²) in [7, 11) is 0. The second kappa shape index (κ2) is 9.98. The number of amides is 1. The quantitative estimate of drug-likeness (QED) is 0.306. The van der Waals surface area contributed by atoms with E-state index in [4.69, 9.17) is 44.9 Å². The summed E-state index contributed by atoms with van der Waals surface area (Å²) in [5, 5.41) is 18.8. The zero-order chi connectivity index (χ0) is 21.8. The minimum Gasteiger partial charge on any atom is -0.479 e. The van der Waals surface area contributed by atoms with Crippen molar-refractivity contribution in [1.82, 2.24) is 4.90 Å². The molecule has 1 aliphatic heterocycles. The van der Waals surface area contributed by atoms with E-state index in [2.05, 4.69) is 0 Å². The van der Waals surface area contributed by atoms with E-state index in [1.165, 1.54) is 16.7 Å². The third-order valence-electron chi connectivity index (χ3n) is 4.39. The Balaban J connectivity index is 1.65. The number of nitrogens with zero attached hydrogens (tertiary/aromatic N) is 1. The minimum absolute atomic E-state index is 0.126. The summed E-state index contributed by atoms with van der Waals surface area (Å²) >= 11 is 18.7. The van der Waals surface area contributed by atoms with Crippen molar-refractivity contribution in [2.45, 2.75) is 25.4 Å². The molecule has 30 heavy (non-hydrogen) atoms. The number of carbonyl (C=O) groups is 2. The number of hydrogen-bond donors (Lipinski definition) is 2. The molecule has 3 rings (SSSR count). The summed E-state index contributed by atoms with van der Waals surface area (Å²) in [6.45, 7) is 0.357. The van der Waals surface area contributed by atoms with Crippen LogP contribution in [0.4, 0.5) is 0 Å². The van der Waals surface area contributed by atoms with Gasteiger partial charge in [0.15, 0.2) is 6.10 Å². The number of aliphatic hydroxyl groups is 1. The highest BCUT2D eigenvalue weighted by Crippen LogP contribution is 2.36. The van der Waals surface area contributed by atoms with Gasteiger partial charge in [0.25, 0.3) is 5.91 Å². The van der Waals surface area contributed by atoms with Crippen molar-refractivity contribution in [1.29, 1.82) is 0 Å². The van der Waals surface area contributed by atoms with Crippen LogP contribution in [-0.2, 0) is 9.59 Å². The van der Waals surface area contributed by atoms with Gasteiger partial charge in [-0.05, 0) is 43.5 Å². The maximum Gasteiger partial charge on any atom is 0.332 e. The van der Waals surface area contributed by atoms with Gasteiger partial charge in [0.1, 0.15) is 15.8 Å². The molecular weight excluding hydrogens is 469 g/mol. The van der Waals surface area contributed by atoms with Gasteiger partial charge in [0.2, 0.25) is 0 Å². The largest absolute Gasteiger partial charge is 0.479 e. The fourth-order valence-electron chi connectivity index (χ4n) is 2.82. The first-order valence-electron chi connectivity index (χ1n) is 8.98. The van der Waals surface area contributed by atoms with Crippen LogP contribution in [0.25, 0.3) is 17.4 Å². The molecule has 1 unspecified atom stereocenters. The molecule has 1 fully saturated rings. The summed E-state index contributed by atoms with van der Waals surface area (Å²) in [5.41, 5.74) is 0.653. The molecule has 1 aromatic heterocycles. The third-order valence-corrected chi connectivity index (χ3v) is 6.58. The van der Waals surface area contributed by atoms with Gasteiger partial charge < -0.3 is 14.6 Å². The van der Waals surface area contributed by atoms with Crippen molar-refractivity contribution in [2.75, 3.05) is 6.54 Å². The van der Waals surface area contributed by atoms with Crippen LogP contribution in [0.1, 0.15) is 25.0 Å². The number of carboxylic acid groups (broad SMARTS) is 1. The molecule has 0 spiro atoms. The highest BCUT2D eigenvalue weighted by Gasteiger charge is 2.32. The summed E-state index contributed by atoms with van der Waals surface area (Å²) in [5.74, 6) is -0.477. The summed E-state index contributed by atoms with van der Waals surface area (Å²) in [4.78, 5) is 25.2. The Morgan fingerprint density at radius 2 is 2.03 bits per heavy atom. The zero-order valence-electron chi connectivity index (χ0n) is 15.5. The van der Waals surface area contributed by atoms with Crippen LogP contribution in [0.15, 0.2) is 39.7 Å². The van der Waals surface area contributed by atoms with E-state index in [1.807, 2.05) is 0 Å². The molecule has 6 nitrogen and oxygen atoms in total. The van der Waals surface area contributed by atoms with Crippen LogP contribution in [0.5, 0.6) is 0 Å². The fraction of sp³-hybridized carbons (Fsp3) is 0.250. The first-order valence-corrected chi connectivity index (χ1v) is 11.0. The highest BCUT2D eigenvalue weighted by molar-refractivity contribution is 8.26. The van der Waals surface area contributed by atoms with Crippen LogP contribution in [-0.4, -0.2) is 44.0 Å². The monoisotopic (exact) mass is 485 g/mol. The molecule has 2 N–H and O–H groups in total. The van der Waals surface area contributed by atoms with Crippen molar-refractivity contribution >= 4 is 69.5 Å². The van der Waals surface area contributed by atoms with Crippen LogP contribution < -0.4 is 0 Å². The number of carboxylic acids is 1. The maximum absolute atomic E-state index is 12.7. The number of hydrogen-bond acceptors (Lipinski definition) is 6. The number of thioether (sulfide) groups is 1. The van der Waals surface area contributed by atoms with Crippen LogP contribution >= 0.6 is 47.2 Å². The van der Waals surface area contributed by atoms with Gasteiger partial charge in [-0.3, -0.25) is 9.69 Å². The molecule has 0 saturated carbocycles. The van der Waals surface area contributed by atoms with Gasteiger partial charge in [0.05, 0.1) is 15.0 Å². The predicted molar refractivity (Wildman–Crippen MR) is 122 cm³/mol. The third kappa shape index (κ3) is 5.25. The number of aliphatic hydroxyl groups excluding tert-OH is 1. The lowest BCUT2D eigenvalue weighted by Gasteiger charge is -2.14. The van der Waals surface area contributed by atoms with Crippen molar-refractivity contribution in [3.63, 3.8) is 0 Å². The number of halogens is 2. The van der Waals surface area contributed by atoms with Crippen LogP contribution in [0, 0.1) is 0 Å². The van der Waals surface area contributed by atoms with Gasteiger partial charge in [0, 0.05) is 18.2 Å². The number of unbranched alkanes of at least 4 members (excludes halogenated alkanes) is 1. The van der Waals surface area contributed by atoms with Gasteiger partial charge in [-0.2, -0.15) is 0 Å². The van der Waals surface area contributed by atoms with Gasteiger partial charge in [-0.15, -0.1) is 0 Å². The first-order chi connectivity index (χ1) is 14.3. The van der Waals surface area contributed by atoms with E-state index in [-0.39, 0.29) is 12.3 Å². The molecule has 1 aromatic carbocycles. The number of benzene rings is 1. The molecule has 0 bridgehead atoms. The molecule has 0 radical (unpaired) electrons. The molecule has 10 heteroatoms. The number of rotatable bonds is 8. The summed E-state index contributed by atoms with van der Waals surface area (Å²) in [6, 6.07) is 8.72. The van der Waals surface area contributed by atoms with E-state index in [9.17, 15) is 14.7 Å². The van der Waals surface area contributed by atoms with Crippen molar-refractivity contribution in [2.24, 2.45) is 0 Å². The predicted octanol–water partition coefficient (Wildman–Crippen LogP) is 5.07. The van der Waals surface area contributed by atoms with Crippen molar-refractivity contribution in [3.8, 4) is 11.3 Å². The normalized spacial score (nSPS) is 16.5. The standard InChI is InChI=1S/C20H17Cl2NO5S2/c21-13-5-3-4-12(17(13)22)15-8-7-11(28-15)10-16-18(25)23(20(29)30-16)9-2-1-6-14(24)19(26)27/h3-5,7-8,10,14,24H,1-2,6,9H2,(H,26,27). The Kier molecular flexibility index (Phi) is 7.60. The minimum atomic E-state index is -1.39. The molecular formula is C20H17Cl2NO5S2. The highest BCUT2D eigenvalue weighted by atomic mass is 35.5. The molecule has 2 aromatic rings. The Morgan fingerprint density at radius 1 is 1.27 bits per heavy atom. The lowest BCUT2D eigenvalue weighted by molar-refractivity contribution is -0.147. The second-order valence-electron chi connectivity index (χ2n) is 6.49. The van der Waals surface area contributed by atoms with E-state index in [0.717, 1.165) is 0 Å². The first kappa shape index (κ1) is 22.8. The molecule has 158 valence electrons. The zero-order valence-corrected chi connectivity index (χ0v) is 18.7. The van der Waals surface area contributed by atoms with Gasteiger partial charge >= 0.3 is 5.97 Å². The van der Waals surface area contributed by atoms with E-state index in [1.54, 1.807) is 36.4 Å². The van der Waals surface area contributed by atoms with E-state index in [0.29, 0.717) is 55.7 Å². The van der Waals surface area contributed by atoms with Crippen LogP contribution in [0.3, 0.4) is 0 Å². The number of carbonyl (C=O) groups excluding carboxylic acids is 1. The van der Waals surface area contributed by atoms with E-state index >= 15 is 0 Å². The SMILES string of the molecule is O=C(O)C(O)CCCCN1C(=O)C(=Cc2ccc(-c3cccc(Cl)c3Cl)o2)SC1=S. The molecule has 1 saturated heterocycles. The van der Waals surface area contributed by atoms with Gasteiger partial charge in [-0.1, -0.05) is 53.2 Å². The average molecular weight is 486 g/mol. The smallest absolute Gasteiger partial charge is 0.332 e. The Labute approximate surface area is 192 Å². The van der Waals surface area contributed by atoms with Gasteiger partial charge in [-0.25, -0.2) is 4.79 Å². The lowest BCUT2D eigenvalue weighted by Crippen LogP contribution is -2.29. The summed E-state index contributed by atoms with van der Waals surface area (Å²) < 4.78 is 6.23. The number of thiocarbonyl (C=S) groups is 1.